The fourth-order valence-electron chi connectivity index (χ4n) is 4.28. The van der Waals surface area contributed by atoms with E-state index in [1.165, 1.54) is 24.1 Å². The second-order valence-corrected chi connectivity index (χ2v) is 15.9. The molecule has 1 aromatic carbocycles. The molecular formula is C27H47NO2Si. The number of benzene rings is 1. The van der Waals surface area contributed by atoms with Gasteiger partial charge in [0.2, 0.25) is 0 Å². The van der Waals surface area contributed by atoms with Gasteiger partial charge in [0, 0.05) is 37.2 Å². The number of fused-ring (bicyclic) bond motifs is 1. The van der Waals surface area contributed by atoms with Crippen LogP contribution in [0.3, 0.4) is 0 Å². The first-order valence-electron chi connectivity index (χ1n) is 12.3. The predicted octanol–water partition coefficient (Wildman–Crippen LogP) is 7.14. The predicted molar refractivity (Wildman–Crippen MR) is 138 cm³/mol. The van der Waals surface area contributed by atoms with Crippen LogP contribution in [-0.2, 0) is 4.43 Å². The highest BCUT2D eigenvalue weighted by Crippen LogP contribution is 2.40. The molecule has 1 aliphatic rings. The molecule has 1 aliphatic heterocycles. The molecule has 0 spiro atoms. The van der Waals surface area contributed by atoms with E-state index in [1.807, 2.05) is 0 Å². The first-order chi connectivity index (χ1) is 14.5. The van der Waals surface area contributed by atoms with Crippen LogP contribution < -0.4 is 4.90 Å². The maximum Gasteiger partial charge on any atom is 0.191 e. The smallest absolute Gasteiger partial charge is 0.191 e. The normalized spacial score (nSPS) is 18.7. The molecule has 0 bridgehead atoms. The lowest BCUT2D eigenvalue weighted by Gasteiger charge is -2.36. The quantitative estimate of drug-likeness (QED) is 0.211. The van der Waals surface area contributed by atoms with Crippen molar-refractivity contribution >= 4 is 14.0 Å². The van der Waals surface area contributed by atoms with Gasteiger partial charge in [0.15, 0.2) is 8.32 Å². The van der Waals surface area contributed by atoms with E-state index in [1.54, 1.807) is 0 Å². The Kier molecular flexibility index (Phi) is 9.41. The van der Waals surface area contributed by atoms with Gasteiger partial charge in [-0.05, 0) is 54.6 Å². The van der Waals surface area contributed by atoms with Crippen LogP contribution in [0.5, 0.6) is 0 Å². The van der Waals surface area contributed by atoms with Crippen LogP contribution in [0.25, 0.3) is 0 Å². The van der Waals surface area contributed by atoms with Crippen molar-refractivity contribution in [2.45, 2.75) is 96.9 Å². The summed E-state index contributed by atoms with van der Waals surface area (Å²) in [5.41, 5.74) is 3.76. The molecule has 0 saturated heterocycles. The first-order valence-corrected chi connectivity index (χ1v) is 15.2. The molecule has 1 aromatic rings. The molecule has 1 unspecified atom stereocenters. The molecule has 0 saturated carbocycles. The van der Waals surface area contributed by atoms with Crippen molar-refractivity contribution < 1.29 is 9.53 Å². The molecule has 1 N–H and O–H groups in total. The van der Waals surface area contributed by atoms with E-state index in [9.17, 15) is 5.11 Å². The standard InChI is InChI=1S/C27H47NO2Si/c1-9-10-11-14-21(2)26(29)22(3)19-28-20-23(24-15-12-13-16-25(24)28)17-18-30-31(7,8)27(4,5)6/h12-13,15-16,22-23,26,29H,2,9-11,14,17-20H2,1,3-8H3/t22-,23?,26-/m1/s1. The molecule has 0 fully saturated rings. The highest BCUT2D eigenvalue weighted by molar-refractivity contribution is 6.74. The zero-order valence-electron chi connectivity index (χ0n) is 21.2. The minimum Gasteiger partial charge on any atom is -0.417 e. The number of rotatable bonds is 12. The number of para-hydroxylation sites is 1. The zero-order chi connectivity index (χ0) is 23.2. The fourth-order valence-corrected chi connectivity index (χ4v) is 5.34. The van der Waals surface area contributed by atoms with E-state index in [0.717, 1.165) is 44.5 Å². The van der Waals surface area contributed by atoms with Crippen LogP contribution >= 0.6 is 0 Å². The van der Waals surface area contributed by atoms with Crippen LogP contribution in [0.15, 0.2) is 36.4 Å². The highest BCUT2D eigenvalue weighted by Gasteiger charge is 2.37. The molecule has 0 amide bonds. The van der Waals surface area contributed by atoms with E-state index in [-0.39, 0.29) is 11.0 Å². The number of hydrogen-bond donors (Lipinski definition) is 1. The Morgan fingerprint density at radius 3 is 2.58 bits per heavy atom. The van der Waals surface area contributed by atoms with Gasteiger partial charge in [-0.15, -0.1) is 0 Å². The molecule has 176 valence electrons. The molecule has 3 atom stereocenters. The van der Waals surface area contributed by atoms with Gasteiger partial charge in [0.25, 0.3) is 0 Å². The summed E-state index contributed by atoms with van der Waals surface area (Å²) in [6.07, 6.45) is 5.10. The van der Waals surface area contributed by atoms with Crippen LogP contribution in [-0.4, -0.2) is 39.2 Å². The maximum atomic E-state index is 10.8. The van der Waals surface area contributed by atoms with Crippen LogP contribution in [0.4, 0.5) is 5.69 Å². The van der Waals surface area contributed by atoms with Gasteiger partial charge >= 0.3 is 0 Å². The second-order valence-electron chi connectivity index (χ2n) is 11.1. The summed E-state index contributed by atoms with van der Waals surface area (Å²) in [6.45, 7) is 22.8. The Morgan fingerprint density at radius 2 is 1.94 bits per heavy atom. The maximum absolute atomic E-state index is 10.8. The first kappa shape index (κ1) is 26.2. The highest BCUT2D eigenvalue weighted by atomic mass is 28.4. The molecular weight excluding hydrogens is 398 g/mol. The van der Waals surface area contributed by atoms with Crippen molar-refractivity contribution in [3.05, 3.63) is 42.0 Å². The average Bonchev–Trinajstić information content (AvgIpc) is 3.04. The van der Waals surface area contributed by atoms with Gasteiger partial charge in [-0.1, -0.05) is 72.2 Å². The summed E-state index contributed by atoms with van der Waals surface area (Å²) in [4.78, 5) is 2.47. The van der Waals surface area contributed by atoms with Crippen molar-refractivity contribution in [1.29, 1.82) is 0 Å². The SMILES string of the molecule is C=C(CCCCC)[C@@H](O)[C@H](C)CN1CC(CCO[Si](C)(C)C(C)(C)C)c2ccccc21. The molecule has 31 heavy (non-hydrogen) atoms. The van der Waals surface area contributed by atoms with Crippen molar-refractivity contribution in [2.24, 2.45) is 5.92 Å². The van der Waals surface area contributed by atoms with Crippen LogP contribution in [0, 0.1) is 5.92 Å². The lowest BCUT2D eigenvalue weighted by Crippen LogP contribution is -2.41. The third-order valence-corrected chi connectivity index (χ3v) is 12.0. The van der Waals surface area contributed by atoms with E-state index < -0.39 is 14.4 Å². The van der Waals surface area contributed by atoms with E-state index in [0.29, 0.717) is 5.92 Å². The van der Waals surface area contributed by atoms with Gasteiger partial charge in [0.05, 0.1) is 6.10 Å². The average molecular weight is 446 g/mol. The van der Waals surface area contributed by atoms with Crippen LogP contribution in [0.1, 0.15) is 78.2 Å². The lowest BCUT2D eigenvalue weighted by atomic mass is 9.94. The summed E-state index contributed by atoms with van der Waals surface area (Å²) in [7, 11) is -1.71. The Balaban J connectivity index is 1.97. The Labute approximate surface area is 193 Å². The summed E-state index contributed by atoms with van der Waals surface area (Å²) in [5.74, 6) is 0.669. The molecule has 2 rings (SSSR count). The topological polar surface area (TPSA) is 32.7 Å². The van der Waals surface area contributed by atoms with Crippen molar-refractivity contribution in [3.8, 4) is 0 Å². The van der Waals surface area contributed by atoms with E-state index >= 15 is 0 Å². The largest absolute Gasteiger partial charge is 0.417 e. The number of nitrogens with zero attached hydrogens (tertiary/aromatic N) is 1. The summed E-state index contributed by atoms with van der Waals surface area (Å²) < 4.78 is 6.47. The minimum absolute atomic E-state index is 0.171. The zero-order valence-corrected chi connectivity index (χ0v) is 22.2. The molecule has 1 heterocycles. The molecule has 0 aromatic heterocycles. The number of hydrogen-bond acceptors (Lipinski definition) is 3. The second kappa shape index (κ2) is 11.2. The molecule has 4 heteroatoms. The number of unbranched alkanes of at least 4 members (excludes halogenated alkanes) is 2. The fraction of sp³-hybridized carbons (Fsp3) is 0.704. The molecule has 0 radical (unpaired) electrons. The van der Waals surface area contributed by atoms with Gasteiger partial charge in [-0.2, -0.15) is 0 Å². The van der Waals surface area contributed by atoms with Crippen molar-refractivity contribution in [3.63, 3.8) is 0 Å². The molecule has 0 aliphatic carbocycles. The monoisotopic (exact) mass is 445 g/mol. The molecule has 3 nitrogen and oxygen atoms in total. The third-order valence-electron chi connectivity index (χ3n) is 7.46. The number of anilines is 1. The van der Waals surface area contributed by atoms with Gasteiger partial charge in [-0.3, -0.25) is 0 Å². The van der Waals surface area contributed by atoms with Crippen molar-refractivity contribution in [1.82, 2.24) is 0 Å². The van der Waals surface area contributed by atoms with Crippen LogP contribution in [0.2, 0.25) is 18.1 Å². The third kappa shape index (κ3) is 6.94. The Bertz CT molecular complexity index is 709. The van der Waals surface area contributed by atoms with Gasteiger partial charge in [-0.25, -0.2) is 0 Å². The lowest BCUT2D eigenvalue weighted by molar-refractivity contribution is 0.149. The Hall–Kier alpha value is -1.10. The van der Waals surface area contributed by atoms with Crippen molar-refractivity contribution in [2.75, 3.05) is 24.6 Å². The van der Waals surface area contributed by atoms with E-state index in [4.69, 9.17) is 4.43 Å². The van der Waals surface area contributed by atoms with Gasteiger partial charge in [0.1, 0.15) is 0 Å². The van der Waals surface area contributed by atoms with E-state index in [2.05, 4.69) is 83.5 Å². The Morgan fingerprint density at radius 1 is 1.26 bits per heavy atom. The minimum atomic E-state index is -1.71. The summed E-state index contributed by atoms with van der Waals surface area (Å²) >= 11 is 0. The number of aliphatic hydroxyl groups is 1. The summed E-state index contributed by atoms with van der Waals surface area (Å²) in [6, 6.07) is 8.79. The van der Waals surface area contributed by atoms with Gasteiger partial charge < -0.3 is 14.4 Å². The summed E-state index contributed by atoms with van der Waals surface area (Å²) in [5, 5.41) is 11.1. The number of aliphatic hydroxyl groups excluding tert-OH is 1.